The molecule has 0 aromatic carbocycles. The zero-order chi connectivity index (χ0) is 6.69. The highest BCUT2D eigenvalue weighted by Gasteiger charge is 2.18. The van der Waals surface area contributed by atoms with Crippen LogP contribution in [0.25, 0.3) is 0 Å². The molecule has 0 aliphatic heterocycles. The second kappa shape index (κ2) is 3.15. The van der Waals surface area contributed by atoms with Crippen molar-refractivity contribution >= 4 is 0 Å². The molecule has 0 amide bonds. The lowest BCUT2D eigenvalue weighted by molar-refractivity contribution is 0.0229. The van der Waals surface area contributed by atoms with E-state index in [9.17, 15) is 0 Å². The van der Waals surface area contributed by atoms with Crippen LogP contribution in [0.4, 0.5) is 0 Å². The quantitative estimate of drug-likeness (QED) is 0.496. The van der Waals surface area contributed by atoms with Gasteiger partial charge < -0.3 is 10.6 Å². The lowest BCUT2D eigenvalue weighted by Crippen LogP contribution is -2.33. The topological polar surface area (TPSA) is 61.3 Å². The van der Waals surface area contributed by atoms with E-state index in [-0.39, 0.29) is 6.10 Å². The first kappa shape index (κ1) is 6.99. The van der Waals surface area contributed by atoms with Crippen molar-refractivity contribution in [3.63, 3.8) is 0 Å². The van der Waals surface area contributed by atoms with E-state index in [4.69, 9.17) is 11.6 Å². The van der Waals surface area contributed by atoms with Crippen LogP contribution in [0.3, 0.4) is 0 Å². The molecule has 0 heterocycles. The molecule has 9 heavy (non-hydrogen) atoms. The molecule has 1 saturated carbocycles. The summed E-state index contributed by atoms with van der Waals surface area (Å²) >= 11 is 0. The van der Waals surface area contributed by atoms with E-state index in [0.717, 1.165) is 25.7 Å². The third kappa shape index (κ3) is 1.93. The van der Waals surface area contributed by atoms with Gasteiger partial charge in [0.05, 0.1) is 6.10 Å². The fraction of sp³-hybridized carbons (Fsp3) is 1.00. The summed E-state index contributed by atoms with van der Waals surface area (Å²) in [4.78, 5) is 4.68. The second-order valence-electron chi connectivity index (χ2n) is 2.68. The number of nitrogens with two attached hydrogens (primary N) is 2. The van der Waals surface area contributed by atoms with Gasteiger partial charge in [0.15, 0.2) is 0 Å². The van der Waals surface area contributed by atoms with Crippen LogP contribution >= 0.6 is 0 Å². The van der Waals surface area contributed by atoms with E-state index >= 15 is 0 Å². The second-order valence-corrected chi connectivity index (χ2v) is 2.68. The monoisotopic (exact) mass is 130 g/mol. The fourth-order valence-corrected chi connectivity index (χ4v) is 1.30. The molecule has 0 bridgehead atoms. The lowest BCUT2D eigenvalue weighted by Gasteiger charge is -2.24. The van der Waals surface area contributed by atoms with Gasteiger partial charge in [0.1, 0.15) is 0 Å². The first-order valence-electron chi connectivity index (χ1n) is 3.44. The average molecular weight is 130 g/mol. The number of hydrogen-bond donors (Lipinski definition) is 2. The van der Waals surface area contributed by atoms with E-state index in [1.807, 2.05) is 0 Å². The van der Waals surface area contributed by atoms with Gasteiger partial charge in [0.2, 0.25) is 0 Å². The number of hydrogen-bond acceptors (Lipinski definition) is 3. The van der Waals surface area contributed by atoms with Crippen LogP contribution in [0, 0.1) is 0 Å². The molecule has 0 aromatic rings. The van der Waals surface area contributed by atoms with Crippen molar-refractivity contribution in [2.75, 3.05) is 0 Å². The van der Waals surface area contributed by atoms with Crippen LogP contribution in [0.1, 0.15) is 25.7 Å². The maximum Gasteiger partial charge on any atom is 0.0802 e. The molecule has 4 N–H and O–H groups in total. The minimum atomic E-state index is 0.216. The summed E-state index contributed by atoms with van der Waals surface area (Å²) in [6.07, 6.45) is 4.50. The van der Waals surface area contributed by atoms with Gasteiger partial charge in [-0.1, -0.05) is 0 Å². The van der Waals surface area contributed by atoms with Gasteiger partial charge in [-0.3, -0.25) is 0 Å². The highest BCUT2D eigenvalue weighted by atomic mass is 16.6. The molecule has 0 saturated heterocycles. The van der Waals surface area contributed by atoms with Crippen molar-refractivity contribution in [2.45, 2.75) is 37.8 Å². The Morgan fingerprint density at radius 2 is 2.11 bits per heavy atom. The summed E-state index contributed by atoms with van der Waals surface area (Å²) in [5.74, 6) is 5.01. The van der Waals surface area contributed by atoms with E-state index in [1.165, 1.54) is 0 Å². The Balaban J connectivity index is 2.23. The Morgan fingerprint density at radius 3 is 2.56 bits per heavy atom. The van der Waals surface area contributed by atoms with Gasteiger partial charge in [-0.05, 0) is 25.7 Å². The number of rotatable bonds is 1. The molecule has 3 nitrogen and oxygen atoms in total. The van der Waals surface area contributed by atoms with E-state index in [0.29, 0.717) is 6.04 Å². The van der Waals surface area contributed by atoms with Gasteiger partial charge in [-0.25, -0.2) is 5.90 Å². The van der Waals surface area contributed by atoms with Crippen LogP contribution in [0.15, 0.2) is 0 Å². The average Bonchev–Trinajstić information content (AvgIpc) is 1.88. The van der Waals surface area contributed by atoms with E-state index in [1.54, 1.807) is 0 Å². The van der Waals surface area contributed by atoms with Crippen molar-refractivity contribution in [1.29, 1.82) is 0 Å². The highest BCUT2D eigenvalue weighted by molar-refractivity contribution is 4.74. The van der Waals surface area contributed by atoms with Gasteiger partial charge in [-0.15, -0.1) is 0 Å². The summed E-state index contributed by atoms with van der Waals surface area (Å²) in [5.41, 5.74) is 5.67. The Labute approximate surface area is 55.3 Å². The first-order valence-corrected chi connectivity index (χ1v) is 3.44. The van der Waals surface area contributed by atoms with E-state index in [2.05, 4.69) is 4.84 Å². The molecule has 0 radical (unpaired) electrons. The maximum absolute atomic E-state index is 5.67. The molecule has 0 aromatic heterocycles. The van der Waals surface area contributed by atoms with Crippen LogP contribution in [-0.4, -0.2) is 12.1 Å². The molecule has 1 aliphatic rings. The summed E-state index contributed by atoms with van der Waals surface area (Å²) < 4.78 is 0. The minimum absolute atomic E-state index is 0.216. The Morgan fingerprint density at radius 1 is 1.33 bits per heavy atom. The zero-order valence-corrected chi connectivity index (χ0v) is 5.55. The van der Waals surface area contributed by atoms with Crippen molar-refractivity contribution in [2.24, 2.45) is 11.6 Å². The van der Waals surface area contributed by atoms with E-state index < -0.39 is 0 Å². The molecular weight excluding hydrogens is 116 g/mol. The SMILES string of the molecule is NO[C@@H]1CCC[C@H](N)C1. The smallest absolute Gasteiger partial charge is 0.0802 e. The fourth-order valence-electron chi connectivity index (χ4n) is 1.30. The molecule has 2 atom stereocenters. The Kier molecular flexibility index (Phi) is 2.45. The summed E-state index contributed by atoms with van der Waals surface area (Å²) in [6.45, 7) is 0. The maximum atomic E-state index is 5.67. The predicted molar refractivity (Wildman–Crippen MR) is 35.5 cm³/mol. The largest absolute Gasteiger partial charge is 0.328 e. The summed E-state index contributed by atoms with van der Waals surface area (Å²) in [5, 5.41) is 0. The predicted octanol–water partition coefficient (Wildman–Crippen LogP) is 0.147. The van der Waals surface area contributed by atoms with Crippen LogP contribution in [-0.2, 0) is 4.84 Å². The van der Waals surface area contributed by atoms with Gasteiger partial charge in [0, 0.05) is 6.04 Å². The minimum Gasteiger partial charge on any atom is -0.328 e. The third-order valence-corrected chi connectivity index (χ3v) is 1.86. The molecule has 3 heteroatoms. The molecule has 1 rings (SSSR count). The first-order chi connectivity index (χ1) is 4.33. The normalized spacial score (nSPS) is 36.7. The van der Waals surface area contributed by atoms with Crippen molar-refractivity contribution < 1.29 is 4.84 Å². The highest BCUT2D eigenvalue weighted by Crippen LogP contribution is 2.17. The summed E-state index contributed by atoms with van der Waals surface area (Å²) in [7, 11) is 0. The summed E-state index contributed by atoms with van der Waals surface area (Å²) in [6, 6.07) is 0.312. The molecule has 54 valence electrons. The van der Waals surface area contributed by atoms with Crippen LogP contribution in [0.5, 0.6) is 0 Å². The van der Waals surface area contributed by atoms with Crippen LogP contribution < -0.4 is 11.6 Å². The van der Waals surface area contributed by atoms with Crippen molar-refractivity contribution in [3.8, 4) is 0 Å². The molecule has 0 spiro atoms. The Hall–Kier alpha value is -0.120. The molecule has 0 unspecified atom stereocenters. The van der Waals surface area contributed by atoms with Gasteiger partial charge in [-0.2, -0.15) is 0 Å². The van der Waals surface area contributed by atoms with Crippen molar-refractivity contribution in [1.82, 2.24) is 0 Å². The zero-order valence-electron chi connectivity index (χ0n) is 5.55. The van der Waals surface area contributed by atoms with Gasteiger partial charge >= 0.3 is 0 Å². The third-order valence-electron chi connectivity index (χ3n) is 1.86. The molecular formula is C6H14N2O. The molecule has 1 fully saturated rings. The molecule has 1 aliphatic carbocycles. The Bertz CT molecular complexity index is 87.1. The van der Waals surface area contributed by atoms with Gasteiger partial charge in [0.25, 0.3) is 0 Å². The lowest BCUT2D eigenvalue weighted by atomic mass is 9.94. The van der Waals surface area contributed by atoms with Crippen molar-refractivity contribution in [3.05, 3.63) is 0 Å². The van der Waals surface area contributed by atoms with Crippen LogP contribution in [0.2, 0.25) is 0 Å². The standard InChI is InChI=1S/C6H14N2O/c7-5-2-1-3-6(4-5)9-8/h5-6H,1-4,7-8H2/t5-,6+/m0/s1.